The summed E-state index contributed by atoms with van der Waals surface area (Å²) in [5.74, 6) is -0.263. The molecule has 3 rings (SSSR count). The van der Waals surface area contributed by atoms with Gasteiger partial charge in [0.25, 0.3) is 0 Å². The second-order valence-corrected chi connectivity index (χ2v) is 4.66. The van der Waals surface area contributed by atoms with E-state index in [-0.39, 0.29) is 11.8 Å². The lowest BCUT2D eigenvalue weighted by molar-refractivity contribution is -0.163. The van der Waals surface area contributed by atoms with Crippen LogP contribution in [0.25, 0.3) is 0 Å². The molecule has 0 amide bonds. The molecule has 1 aliphatic carbocycles. The van der Waals surface area contributed by atoms with E-state index in [4.69, 9.17) is 9.47 Å². The van der Waals surface area contributed by atoms with Crippen LogP contribution in [0.4, 0.5) is 0 Å². The fourth-order valence-electron chi connectivity index (χ4n) is 2.46. The molecule has 1 heterocycles. The fourth-order valence-corrected chi connectivity index (χ4v) is 2.46. The average molecular weight is 246 g/mol. The van der Waals surface area contributed by atoms with Crippen molar-refractivity contribution in [3.05, 3.63) is 35.4 Å². The minimum absolute atomic E-state index is 0.113. The van der Waals surface area contributed by atoms with E-state index in [0.717, 1.165) is 24.8 Å². The summed E-state index contributed by atoms with van der Waals surface area (Å²) in [7, 11) is 0. The number of carbonyl (C=O) groups excluding carboxylic acids is 2. The number of benzene rings is 1. The van der Waals surface area contributed by atoms with Crippen LogP contribution in [0.15, 0.2) is 24.3 Å². The molecule has 0 aromatic heterocycles. The first kappa shape index (κ1) is 11.4. The molecule has 1 aromatic carbocycles. The summed E-state index contributed by atoms with van der Waals surface area (Å²) in [6.07, 6.45) is 2.05. The van der Waals surface area contributed by atoms with Gasteiger partial charge in [-0.15, -0.1) is 0 Å². The quantitative estimate of drug-likeness (QED) is 0.752. The van der Waals surface area contributed by atoms with Gasteiger partial charge in [0.2, 0.25) is 6.29 Å². The van der Waals surface area contributed by atoms with Gasteiger partial charge < -0.3 is 9.47 Å². The SMILES string of the molecule is O=C1OC(OC2CCCCC2=O)c2ccccc21. The minimum Gasteiger partial charge on any atom is -0.428 e. The maximum Gasteiger partial charge on any atom is 0.341 e. The summed E-state index contributed by atoms with van der Waals surface area (Å²) < 4.78 is 10.8. The Kier molecular flexibility index (Phi) is 2.88. The van der Waals surface area contributed by atoms with Crippen LogP contribution in [0.3, 0.4) is 0 Å². The molecule has 0 spiro atoms. The maximum atomic E-state index is 11.7. The van der Waals surface area contributed by atoms with Crippen molar-refractivity contribution in [2.75, 3.05) is 0 Å². The lowest BCUT2D eigenvalue weighted by atomic mass is 9.96. The zero-order chi connectivity index (χ0) is 12.5. The minimum atomic E-state index is -0.722. The van der Waals surface area contributed by atoms with Gasteiger partial charge >= 0.3 is 5.97 Å². The number of hydrogen-bond donors (Lipinski definition) is 0. The Morgan fingerprint density at radius 3 is 2.83 bits per heavy atom. The van der Waals surface area contributed by atoms with Crippen LogP contribution < -0.4 is 0 Å². The van der Waals surface area contributed by atoms with Gasteiger partial charge in [0.1, 0.15) is 6.10 Å². The van der Waals surface area contributed by atoms with Crippen molar-refractivity contribution in [3.63, 3.8) is 0 Å². The molecular weight excluding hydrogens is 232 g/mol. The zero-order valence-corrected chi connectivity index (χ0v) is 9.93. The van der Waals surface area contributed by atoms with E-state index in [9.17, 15) is 9.59 Å². The van der Waals surface area contributed by atoms with Crippen LogP contribution in [0.2, 0.25) is 0 Å². The number of ketones is 1. The van der Waals surface area contributed by atoms with E-state index < -0.39 is 12.4 Å². The monoisotopic (exact) mass is 246 g/mol. The summed E-state index contributed by atoms with van der Waals surface area (Å²) in [6.45, 7) is 0. The van der Waals surface area contributed by atoms with E-state index in [1.54, 1.807) is 18.2 Å². The van der Waals surface area contributed by atoms with Crippen molar-refractivity contribution in [2.45, 2.75) is 38.1 Å². The van der Waals surface area contributed by atoms with Gasteiger partial charge in [-0.25, -0.2) is 4.79 Å². The molecule has 4 nitrogen and oxygen atoms in total. The third-order valence-corrected chi connectivity index (χ3v) is 3.44. The first-order valence-corrected chi connectivity index (χ1v) is 6.24. The Hall–Kier alpha value is -1.68. The number of fused-ring (bicyclic) bond motifs is 1. The van der Waals surface area contributed by atoms with Crippen LogP contribution in [-0.4, -0.2) is 17.9 Å². The summed E-state index contributed by atoms with van der Waals surface area (Å²) in [4.78, 5) is 23.3. The molecule has 0 bridgehead atoms. The zero-order valence-electron chi connectivity index (χ0n) is 9.93. The molecule has 2 unspecified atom stereocenters. The van der Waals surface area contributed by atoms with Gasteiger partial charge in [-0.05, 0) is 25.3 Å². The first-order valence-electron chi connectivity index (χ1n) is 6.24. The third-order valence-electron chi connectivity index (χ3n) is 3.44. The molecular formula is C14H14O4. The van der Waals surface area contributed by atoms with E-state index >= 15 is 0 Å². The average Bonchev–Trinajstić information content (AvgIpc) is 2.70. The number of cyclic esters (lactones) is 1. The molecule has 18 heavy (non-hydrogen) atoms. The van der Waals surface area contributed by atoms with Crippen molar-refractivity contribution < 1.29 is 19.1 Å². The van der Waals surface area contributed by atoms with Gasteiger partial charge in [-0.3, -0.25) is 4.79 Å². The molecule has 0 N–H and O–H groups in total. The standard InChI is InChI=1S/C14H14O4/c15-11-7-3-4-8-12(11)17-14-10-6-2-1-5-9(10)13(16)18-14/h1-2,5-6,12,14H,3-4,7-8H2. The number of rotatable bonds is 2. The molecule has 0 saturated heterocycles. The molecule has 94 valence electrons. The number of hydrogen-bond acceptors (Lipinski definition) is 4. The van der Waals surface area contributed by atoms with E-state index in [0.29, 0.717) is 12.0 Å². The second kappa shape index (κ2) is 4.53. The topological polar surface area (TPSA) is 52.6 Å². The van der Waals surface area contributed by atoms with Crippen LogP contribution in [0.1, 0.15) is 47.9 Å². The molecule has 2 aliphatic rings. The van der Waals surface area contributed by atoms with Crippen LogP contribution in [0, 0.1) is 0 Å². The Bertz CT molecular complexity index is 494. The van der Waals surface area contributed by atoms with E-state index in [1.165, 1.54) is 0 Å². The highest BCUT2D eigenvalue weighted by atomic mass is 16.7. The first-order chi connectivity index (χ1) is 8.75. The summed E-state index contributed by atoms with van der Waals surface area (Å²) in [6, 6.07) is 7.13. The lowest BCUT2D eigenvalue weighted by Gasteiger charge is -2.23. The third kappa shape index (κ3) is 1.93. The number of ether oxygens (including phenoxy) is 2. The highest BCUT2D eigenvalue weighted by Gasteiger charge is 2.35. The molecule has 1 fully saturated rings. The Balaban J connectivity index is 1.78. The van der Waals surface area contributed by atoms with Gasteiger partial charge in [-0.1, -0.05) is 18.2 Å². The Morgan fingerprint density at radius 2 is 2.00 bits per heavy atom. The van der Waals surface area contributed by atoms with Crippen LogP contribution >= 0.6 is 0 Å². The molecule has 0 radical (unpaired) electrons. The molecule has 2 atom stereocenters. The van der Waals surface area contributed by atoms with E-state index in [1.807, 2.05) is 6.07 Å². The number of esters is 1. The fraction of sp³-hybridized carbons (Fsp3) is 0.429. The second-order valence-electron chi connectivity index (χ2n) is 4.66. The predicted octanol–water partition coefficient (Wildman–Crippen LogP) is 2.38. The van der Waals surface area contributed by atoms with Crippen LogP contribution in [0.5, 0.6) is 0 Å². The van der Waals surface area contributed by atoms with Gasteiger partial charge in [0, 0.05) is 12.0 Å². The molecule has 1 aromatic rings. The highest BCUT2D eigenvalue weighted by Crippen LogP contribution is 2.33. The number of carbonyl (C=O) groups is 2. The maximum absolute atomic E-state index is 11.7. The van der Waals surface area contributed by atoms with E-state index in [2.05, 4.69) is 0 Å². The van der Waals surface area contributed by atoms with Gasteiger partial charge in [0.15, 0.2) is 5.78 Å². The van der Waals surface area contributed by atoms with Crippen LogP contribution in [-0.2, 0) is 14.3 Å². The number of Topliss-reactive ketones (excluding diaryl/α,β-unsaturated/α-hetero) is 1. The predicted molar refractivity (Wildman–Crippen MR) is 62.9 cm³/mol. The molecule has 1 saturated carbocycles. The Morgan fingerprint density at radius 1 is 1.17 bits per heavy atom. The van der Waals surface area contributed by atoms with Crippen molar-refractivity contribution in [1.29, 1.82) is 0 Å². The van der Waals surface area contributed by atoms with Crippen molar-refractivity contribution >= 4 is 11.8 Å². The smallest absolute Gasteiger partial charge is 0.341 e. The van der Waals surface area contributed by atoms with Crippen molar-refractivity contribution in [2.24, 2.45) is 0 Å². The lowest BCUT2D eigenvalue weighted by Crippen LogP contribution is -2.29. The molecule has 1 aliphatic heterocycles. The summed E-state index contributed by atoms with van der Waals surface area (Å²) in [5.41, 5.74) is 1.26. The van der Waals surface area contributed by atoms with Gasteiger partial charge in [-0.2, -0.15) is 0 Å². The Labute approximate surface area is 105 Å². The summed E-state index contributed by atoms with van der Waals surface area (Å²) in [5, 5.41) is 0. The molecule has 4 heteroatoms. The van der Waals surface area contributed by atoms with Crippen molar-refractivity contribution in [3.8, 4) is 0 Å². The largest absolute Gasteiger partial charge is 0.428 e. The normalized spacial score (nSPS) is 26.9. The highest BCUT2D eigenvalue weighted by molar-refractivity contribution is 5.93. The van der Waals surface area contributed by atoms with Gasteiger partial charge in [0.05, 0.1) is 5.56 Å². The van der Waals surface area contributed by atoms with Crippen molar-refractivity contribution in [1.82, 2.24) is 0 Å². The summed E-state index contributed by atoms with van der Waals surface area (Å²) >= 11 is 0.